The van der Waals surface area contributed by atoms with Crippen LogP contribution in [0.5, 0.6) is 0 Å². The molecule has 1 saturated carbocycles. The summed E-state index contributed by atoms with van der Waals surface area (Å²) >= 11 is 0. The first-order valence-electron chi connectivity index (χ1n) is 7.85. The molecule has 1 amide bonds. The lowest BCUT2D eigenvalue weighted by Crippen LogP contribution is -2.49. The number of nitrogens with one attached hydrogen (secondary N) is 2. The van der Waals surface area contributed by atoms with Gasteiger partial charge < -0.3 is 10.6 Å². The number of nitrogens with zero attached hydrogens (tertiary/aromatic N) is 1. The summed E-state index contributed by atoms with van der Waals surface area (Å²) in [6.45, 7) is 11.6. The molecule has 0 aliphatic heterocycles. The van der Waals surface area contributed by atoms with Crippen molar-refractivity contribution in [3.63, 3.8) is 0 Å². The largest absolute Gasteiger partial charge is 0.433 e. The standard InChI is InChI=1S/C16H31N3O2/c1-7-12(2)19-21-14(20)18-13-8-15(3,4)10-16(5,9-13)11-17-6/h13,17H,7-11H2,1-6H3,(H,18,20). The van der Waals surface area contributed by atoms with Gasteiger partial charge in [-0.25, -0.2) is 4.79 Å². The maximum Gasteiger partial charge on any atom is 0.433 e. The molecule has 1 rings (SSSR count). The highest BCUT2D eigenvalue weighted by atomic mass is 16.7. The predicted molar refractivity (Wildman–Crippen MR) is 86.5 cm³/mol. The lowest BCUT2D eigenvalue weighted by atomic mass is 9.62. The van der Waals surface area contributed by atoms with Gasteiger partial charge in [-0.1, -0.05) is 32.9 Å². The van der Waals surface area contributed by atoms with E-state index >= 15 is 0 Å². The fraction of sp³-hybridized carbons (Fsp3) is 0.875. The van der Waals surface area contributed by atoms with Crippen LogP contribution in [-0.4, -0.2) is 31.4 Å². The Bertz CT molecular complexity index is 393. The Morgan fingerprint density at radius 2 is 2.00 bits per heavy atom. The van der Waals surface area contributed by atoms with Gasteiger partial charge in [0.05, 0.1) is 5.71 Å². The molecule has 21 heavy (non-hydrogen) atoms. The van der Waals surface area contributed by atoms with Gasteiger partial charge in [-0.2, -0.15) is 0 Å². The van der Waals surface area contributed by atoms with Crippen molar-refractivity contribution in [2.45, 2.75) is 66.3 Å². The quantitative estimate of drug-likeness (QED) is 0.465. The number of oxime groups is 1. The van der Waals surface area contributed by atoms with Crippen LogP contribution in [0, 0.1) is 10.8 Å². The Balaban J connectivity index is 2.63. The third-order valence-electron chi connectivity index (χ3n) is 4.17. The van der Waals surface area contributed by atoms with E-state index in [1.165, 1.54) is 0 Å². The fourth-order valence-corrected chi connectivity index (χ4v) is 3.67. The van der Waals surface area contributed by atoms with E-state index < -0.39 is 6.09 Å². The van der Waals surface area contributed by atoms with Gasteiger partial charge in [-0.05, 0) is 50.5 Å². The molecule has 1 aliphatic rings. The van der Waals surface area contributed by atoms with Crippen molar-refractivity contribution in [3.8, 4) is 0 Å². The first kappa shape index (κ1) is 18.0. The average Bonchev–Trinajstić information content (AvgIpc) is 2.33. The minimum atomic E-state index is -0.447. The molecule has 0 bridgehead atoms. The van der Waals surface area contributed by atoms with E-state index in [-0.39, 0.29) is 16.9 Å². The molecule has 5 heteroatoms. The summed E-state index contributed by atoms with van der Waals surface area (Å²) < 4.78 is 0. The van der Waals surface area contributed by atoms with Gasteiger partial charge in [0.15, 0.2) is 0 Å². The minimum absolute atomic E-state index is 0.136. The number of hydrogen-bond acceptors (Lipinski definition) is 4. The van der Waals surface area contributed by atoms with Crippen molar-refractivity contribution in [3.05, 3.63) is 0 Å². The third-order valence-corrected chi connectivity index (χ3v) is 4.17. The van der Waals surface area contributed by atoms with Gasteiger partial charge in [0.1, 0.15) is 0 Å². The van der Waals surface area contributed by atoms with Crippen LogP contribution in [0.15, 0.2) is 5.16 Å². The third kappa shape index (κ3) is 6.04. The van der Waals surface area contributed by atoms with E-state index in [9.17, 15) is 4.79 Å². The SMILES string of the molecule is CCC(C)=NOC(=O)NC1CC(C)(C)CC(C)(CNC)C1. The number of hydrogen-bond donors (Lipinski definition) is 2. The van der Waals surface area contributed by atoms with Gasteiger partial charge >= 0.3 is 6.09 Å². The Morgan fingerprint density at radius 3 is 2.57 bits per heavy atom. The van der Waals surface area contributed by atoms with Crippen LogP contribution >= 0.6 is 0 Å². The maximum absolute atomic E-state index is 11.9. The summed E-state index contributed by atoms with van der Waals surface area (Å²) in [5, 5.41) is 10.1. The van der Waals surface area contributed by atoms with Crippen molar-refractivity contribution in [2.24, 2.45) is 16.0 Å². The number of amides is 1. The molecule has 1 aliphatic carbocycles. The van der Waals surface area contributed by atoms with E-state index in [4.69, 9.17) is 4.84 Å². The predicted octanol–water partition coefficient (Wildman–Crippen LogP) is 3.30. The van der Waals surface area contributed by atoms with E-state index in [0.29, 0.717) is 0 Å². The first-order valence-corrected chi connectivity index (χ1v) is 7.85. The van der Waals surface area contributed by atoms with Crippen LogP contribution in [0.1, 0.15) is 60.3 Å². The molecule has 2 unspecified atom stereocenters. The molecule has 0 saturated heterocycles. The van der Waals surface area contributed by atoms with Gasteiger partial charge in [0, 0.05) is 12.6 Å². The molecule has 0 aromatic rings. The zero-order valence-corrected chi connectivity index (χ0v) is 14.4. The number of rotatable bonds is 5. The fourth-order valence-electron chi connectivity index (χ4n) is 3.67. The smallest absolute Gasteiger partial charge is 0.319 e. The normalized spacial score (nSPS) is 29.0. The van der Waals surface area contributed by atoms with Crippen molar-refractivity contribution >= 4 is 11.8 Å². The molecule has 2 atom stereocenters. The summed E-state index contributed by atoms with van der Waals surface area (Å²) in [4.78, 5) is 16.8. The topological polar surface area (TPSA) is 62.7 Å². The molecule has 0 radical (unpaired) electrons. The van der Waals surface area contributed by atoms with Gasteiger partial charge in [-0.3, -0.25) is 4.84 Å². The lowest BCUT2D eigenvalue weighted by Gasteiger charge is -2.46. The Labute approximate surface area is 128 Å². The molecule has 122 valence electrons. The summed E-state index contributed by atoms with van der Waals surface area (Å²) in [7, 11) is 1.98. The molecule has 0 spiro atoms. The van der Waals surface area contributed by atoms with Crippen molar-refractivity contribution in [2.75, 3.05) is 13.6 Å². The van der Waals surface area contributed by atoms with Crippen LogP contribution in [-0.2, 0) is 4.84 Å². The zero-order chi connectivity index (χ0) is 16.1. The Hall–Kier alpha value is -1.10. The second kappa shape index (κ2) is 7.25. The number of carbonyl (C=O) groups excluding carboxylic acids is 1. The molecular formula is C16H31N3O2. The molecule has 2 N–H and O–H groups in total. The van der Waals surface area contributed by atoms with Crippen LogP contribution in [0.4, 0.5) is 4.79 Å². The summed E-state index contributed by atoms with van der Waals surface area (Å²) in [5.74, 6) is 0. The van der Waals surface area contributed by atoms with E-state index in [0.717, 1.165) is 37.9 Å². The van der Waals surface area contributed by atoms with E-state index in [1.807, 2.05) is 20.9 Å². The van der Waals surface area contributed by atoms with Crippen molar-refractivity contribution < 1.29 is 9.63 Å². The zero-order valence-electron chi connectivity index (χ0n) is 14.4. The maximum atomic E-state index is 11.9. The average molecular weight is 297 g/mol. The number of carbonyl (C=O) groups is 1. The second-order valence-corrected chi connectivity index (χ2v) is 7.49. The van der Waals surface area contributed by atoms with Crippen molar-refractivity contribution in [1.29, 1.82) is 0 Å². The van der Waals surface area contributed by atoms with E-state index in [1.54, 1.807) is 0 Å². The van der Waals surface area contributed by atoms with Gasteiger partial charge in [-0.15, -0.1) is 0 Å². The molecule has 5 nitrogen and oxygen atoms in total. The van der Waals surface area contributed by atoms with Crippen LogP contribution in [0.3, 0.4) is 0 Å². The van der Waals surface area contributed by atoms with Crippen LogP contribution in [0.25, 0.3) is 0 Å². The minimum Gasteiger partial charge on any atom is -0.319 e. The summed E-state index contributed by atoms with van der Waals surface area (Å²) in [5.41, 5.74) is 1.22. The van der Waals surface area contributed by atoms with Gasteiger partial charge in [0.25, 0.3) is 0 Å². The van der Waals surface area contributed by atoms with E-state index in [2.05, 4.69) is 36.6 Å². The summed E-state index contributed by atoms with van der Waals surface area (Å²) in [6.07, 6.45) is 3.42. The van der Waals surface area contributed by atoms with Crippen molar-refractivity contribution in [1.82, 2.24) is 10.6 Å². The lowest BCUT2D eigenvalue weighted by molar-refractivity contribution is 0.0669. The molecule has 0 aromatic heterocycles. The molecule has 1 fully saturated rings. The highest BCUT2D eigenvalue weighted by Gasteiger charge is 2.41. The van der Waals surface area contributed by atoms with Crippen LogP contribution in [0.2, 0.25) is 0 Å². The second-order valence-electron chi connectivity index (χ2n) is 7.49. The Morgan fingerprint density at radius 1 is 1.33 bits per heavy atom. The first-order chi connectivity index (χ1) is 9.69. The molecule has 0 aromatic carbocycles. The van der Waals surface area contributed by atoms with Crippen LogP contribution < -0.4 is 10.6 Å². The molecular weight excluding hydrogens is 266 g/mol. The molecule has 0 heterocycles. The monoisotopic (exact) mass is 297 g/mol. The Kier molecular flexibility index (Phi) is 6.20. The summed E-state index contributed by atoms with van der Waals surface area (Å²) in [6, 6.07) is 0.136. The highest BCUT2D eigenvalue weighted by molar-refractivity contribution is 5.81. The highest BCUT2D eigenvalue weighted by Crippen LogP contribution is 2.45. The van der Waals surface area contributed by atoms with Gasteiger partial charge in [0.2, 0.25) is 0 Å².